The first-order valence-electron chi connectivity index (χ1n) is 11.6. The van der Waals surface area contributed by atoms with Crippen molar-refractivity contribution in [2.75, 3.05) is 6.54 Å². The van der Waals surface area contributed by atoms with E-state index in [1.54, 1.807) is 0 Å². The van der Waals surface area contributed by atoms with Crippen molar-refractivity contribution in [1.29, 1.82) is 0 Å². The summed E-state index contributed by atoms with van der Waals surface area (Å²) in [5.41, 5.74) is 7.97. The number of azide groups is 1. The number of carbonyl (C=O) groups excluding carboxylic acids is 1. The second-order valence-electron chi connectivity index (χ2n) is 8.77. The summed E-state index contributed by atoms with van der Waals surface area (Å²) in [7, 11) is 0. The van der Waals surface area contributed by atoms with Crippen LogP contribution in [0.1, 0.15) is 111 Å². The van der Waals surface area contributed by atoms with Crippen LogP contribution in [-0.2, 0) is 4.74 Å². The summed E-state index contributed by atoms with van der Waals surface area (Å²) in [5, 5.41) is 6.31. The molecule has 0 fully saturated rings. The largest absolute Gasteiger partial charge is 0.444 e. The maximum Gasteiger partial charge on any atom is 0.408 e. The molecule has 6 nitrogen and oxygen atoms in total. The minimum absolute atomic E-state index is 0.185. The summed E-state index contributed by atoms with van der Waals surface area (Å²) in [6.45, 7) is 7.90. The third kappa shape index (κ3) is 20.9. The van der Waals surface area contributed by atoms with E-state index in [2.05, 4.69) is 28.3 Å². The van der Waals surface area contributed by atoms with E-state index >= 15 is 0 Å². The Balaban J connectivity index is 3.80. The summed E-state index contributed by atoms with van der Waals surface area (Å²) in [6, 6.07) is -0.335. The molecular weight excluding hydrogens is 364 g/mol. The standard InChI is InChI=1S/C23H44N4O2/c1-5-6-7-8-9-10-11-12-13-14-15-16-17-18-19-21(20-25-27-24)26-22(28)29-23(2,3)4/h18-19,21H,5-17,20H2,1-4H3,(H,26,28)/b19-18+/t21-/m1/s1. The van der Waals surface area contributed by atoms with E-state index in [-0.39, 0.29) is 12.6 Å². The molecule has 0 spiro atoms. The van der Waals surface area contributed by atoms with E-state index in [9.17, 15) is 4.79 Å². The zero-order valence-corrected chi connectivity index (χ0v) is 19.3. The quantitative estimate of drug-likeness (QED) is 0.0873. The lowest BCUT2D eigenvalue weighted by atomic mass is 10.0. The highest BCUT2D eigenvalue weighted by Gasteiger charge is 2.17. The van der Waals surface area contributed by atoms with E-state index in [0.717, 1.165) is 12.8 Å². The Kier molecular flexibility index (Phi) is 17.3. The molecule has 0 heterocycles. The number of hydrogen-bond donors (Lipinski definition) is 1. The van der Waals surface area contributed by atoms with Crippen molar-refractivity contribution in [3.8, 4) is 0 Å². The topological polar surface area (TPSA) is 87.1 Å². The van der Waals surface area contributed by atoms with Gasteiger partial charge in [-0.05, 0) is 39.1 Å². The Morgan fingerprint density at radius 2 is 1.52 bits per heavy atom. The van der Waals surface area contributed by atoms with Crippen molar-refractivity contribution < 1.29 is 9.53 Å². The number of ether oxygens (including phenoxy) is 1. The van der Waals surface area contributed by atoms with Crippen LogP contribution in [0, 0.1) is 0 Å². The molecule has 0 aromatic rings. The van der Waals surface area contributed by atoms with Crippen LogP contribution >= 0.6 is 0 Å². The van der Waals surface area contributed by atoms with Crippen LogP contribution in [0.5, 0.6) is 0 Å². The van der Waals surface area contributed by atoms with Crippen LogP contribution in [0.15, 0.2) is 17.3 Å². The molecule has 0 aliphatic heterocycles. The Morgan fingerprint density at radius 1 is 1.00 bits per heavy atom. The first kappa shape index (κ1) is 27.3. The number of nitrogens with one attached hydrogen (secondary N) is 1. The normalized spacial score (nSPS) is 12.6. The minimum atomic E-state index is -0.550. The summed E-state index contributed by atoms with van der Waals surface area (Å²) in [4.78, 5) is 14.7. The van der Waals surface area contributed by atoms with E-state index in [1.165, 1.54) is 70.6 Å². The van der Waals surface area contributed by atoms with E-state index < -0.39 is 11.7 Å². The molecule has 1 amide bonds. The van der Waals surface area contributed by atoms with Crippen LogP contribution in [-0.4, -0.2) is 24.3 Å². The zero-order chi connectivity index (χ0) is 21.8. The van der Waals surface area contributed by atoms with Crippen LogP contribution in [0.25, 0.3) is 10.4 Å². The monoisotopic (exact) mass is 408 g/mol. The predicted octanol–water partition coefficient (Wildman–Crippen LogP) is 7.84. The van der Waals surface area contributed by atoms with Gasteiger partial charge in [0.25, 0.3) is 0 Å². The molecule has 29 heavy (non-hydrogen) atoms. The van der Waals surface area contributed by atoms with Gasteiger partial charge in [-0.25, -0.2) is 4.79 Å². The second kappa shape index (κ2) is 18.4. The molecule has 0 aliphatic carbocycles. The third-order valence-corrected chi connectivity index (χ3v) is 4.64. The maximum absolute atomic E-state index is 11.9. The molecule has 0 saturated carbocycles. The van der Waals surface area contributed by atoms with Gasteiger partial charge in [0.15, 0.2) is 0 Å². The fourth-order valence-electron chi connectivity index (χ4n) is 3.10. The van der Waals surface area contributed by atoms with Crippen molar-refractivity contribution in [3.05, 3.63) is 22.6 Å². The first-order chi connectivity index (χ1) is 13.9. The average molecular weight is 409 g/mol. The molecule has 0 aromatic heterocycles. The lowest BCUT2D eigenvalue weighted by molar-refractivity contribution is 0.0516. The number of hydrogen-bond acceptors (Lipinski definition) is 3. The van der Waals surface area contributed by atoms with Gasteiger partial charge in [0.1, 0.15) is 5.60 Å². The van der Waals surface area contributed by atoms with Crippen molar-refractivity contribution >= 4 is 6.09 Å². The average Bonchev–Trinajstić information content (AvgIpc) is 2.64. The van der Waals surface area contributed by atoms with Crippen LogP contribution in [0.4, 0.5) is 4.79 Å². The number of unbranched alkanes of at least 4 members (excludes halogenated alkanes) is 12. The van der Waals surface area contributed by atoms with Gasteiger partial charge >= 0.3 is 6.09 Å². The van der Waals surface area contributed by atoms with Gasteiger partial charge in [-0.15, -0.1) is 0 Å². The molecule has 168 valence electrons. The summed E-state index contributed by atoms with van der Waals surface area (Å²) < 4.78 is 5.25. The van der Waals surface area contributed by atoms with Gasteiger partial charge in [0.05, 0.1) is 6.04 Å². The first-order valence-corrected chi connectivity index (χ1v) is 11.6. The number of amides is 1. The van der Waals surface area contributed by atoms with Crippen molar-refractivity contribution in [3.63, 3.8) is 0 Å². The molecule has 0 aromatic carbocycles. The Bertz CT molecular complexity index is 480. The SMILES string of the molecule is CCCCCCCCCCCCCC/C=C/[C@H](CN=[N+]=[N-])NC(=O)OC(C)(C)C. The van der Waals surface area contributed by atoms with Crippen molar-refractivity contribution in [1.82, 2.24) is 5.32 Å². The third-order valence-electron chi connectivity index (χ3n) is 4.64. The number of carbonyl (C=O) groups is 1. The molecule has 1 atom stereocenters. The van der Waals surface area contributed by atoms with Crippen molar-refractivity contribution in [2.45, 2.75) is 123 Å². The summed E-state index contributed by atoms with van der Waals surface area (Å²) >= 11 is 0. The fraction of sp³-hybridized carbons (Fsp3) is 0.870. The Hall–Kier alpha value is -1.68. The fourth-order valence-corrected chi connectivity index (χ4v) is 3.10. The Morgan fingerprint density at radius 3 is 2.00 bits per heavy atom. The number of rotatable bonds is 17. The Labute approximate surface area is 178 Å². The molecule has 0 rings (SSSR count). The molecule has 0 radical (unpaired) electrons. The highest BCUT2D eigenvalue weighted by Crippen LogP contribution is 2.13. The lowest BCUT2D eigenvalue weighted by Crippen LogP contribution is -2.39. The van der Waals surface area contributed by atoms with Gasteiger partial charge < -0.3 is 10.1 Å². The van der Waals surface area contributed by atoms with Gasteiger partial charge in [-0.3, -0.25) is 0 Å². The number of allylic oxidation sites excluding steroid dienone is 1. The predicted molar refractivity (Wildman–Crippen MR) is 122 cm³/mol. The van der Waals surface area contributed by atoms with E-state index in [0.29, 0.717) is 0 Å². The molecule has 1 N–H and O–H groups in total. The van der Waals surface area contributed by atoms with Gasteiger partial charge in [0, 0.05) is 11.5 Å². The highest BCUT2D eigenvalue weighted by molar-refractivity contribution is 5.68. The summed E-state index contributed by atoms with van der Waals surface area (Å²) in [6.07, 6.45) is 20.5. The van der Waals surface area contributed by atoms with Crippen LogP contribution in [0.3, 0.4) is 0 Å². The van der Waals surface area contributed by atoms with Gasteiger partial charge in [0.2, 0.25) is 0 Å². The van der Waals surface area contributed by atoms with Gasteiger partial charge in [-0.2, -0.15) is 0 Å². The molecule has 6 heteroatoms. The second-order valence-corrected chi connectivity index (χ2v) is 8.77. The summed E-state index contributed by atoms with van der Waals surface area (Å²) in [5.74, 6) is 0. The highest BCUT2D eigenvalue weighted by atomic mass is 16.6. The molecule has 0 saturated heterocycles. The van der Waals surface area contributed by atoms with E-state index in [1.807, 2.05) is 26.8 Å². The van der Waals surface area contributed by atoms with Crippen molar-refractivity contribution in [2.24, 2.45) is 5.11 Å². The molecule has 0 bridgehead atoms. The number of alkyl carbamates (subject to hydrolysis) is 1. The van der Waals surface area contributed by atoms with Gasteiger partial charge in [-0.1, -0.05) is 94.8 Å². The minimum Gasteiger partial charge on any atom is -0.444 e. The molecule has 0 aliphatic rings. The molecule has 0 unspecified atom stereocenters. The zero-order valence-electron chi connectivity index (χ0n) is 19.3. The number of nitrogens with zero attached hydrogens (tertiary/aromatic N) is 3. The molecular formula is C23H44N4O2. The van der Waals surface area contributed by atoms with Crippen LogP contribution in [0.2, 0.25) is 0 Å². The maximum atomic E-state index is 11.9. The van der Waals surface area contributed by atoms with E-state index in [4.69, 9.17) is 10.3 Å². The lowest BCUT2D eigenvalue weighted by Gasteiger charge is -2.21. The smallest absolute Gasteiger partial charge is 0.408 e. The van der Waals surface area contributed by atoms with Crippen LogP contribution < -0.4 is 5.32 Å².